The second-order valence-electron chi connectivity index (χ2n) is 2.86. The fourth-order valence-corrected chi connectivity index (χ4v) is 1.55. The van der Waals surface area contributed by atoms with E-state index in [1.54, 1.807) is 0 Å². The zero-order chi connectivity index (χ0) is 13.4. The van der Waals surface area contributed by atoms with Gasteiger partial charge >= 0.3 is 12.1 Å². The molecule has 0 aliphatic heterocycles. The summed E-state index contributed by atoms with van der Waals surface area (Å²) in [7, 11) is 0. The highest BCUT2D eigenvalue weighted by molar-refractivity contribution is 9.10. The molecular formula is C8H3BrF5NO2. The molecule has 0 aliphatic carbocycles. The van der Waals surface area contributed by atoms with Crippen molar-refractivity contribution < 1.29 is 31.9 Å². The highest BCUT2D eigenvalue weighted by Crippen LogP contribution is 2.37. The third kappa shape index (κ3) is 2.90. The minimum atomic E-state index is -5.14. The van der Waals surface area contributed by atoms with Crippen LogP contribution in [0, 0.1) is 0 Å². The fourth-order valence-electron chi connectivity index (χ4n) is 1.05. The fraction of sp³-hybridized carbons (Fsp3) is 0.250. The lowest BCUT2D eigenvalue weighted by Crippen LogP contribution is -2.16. The van der Waals surface area contributed by atoms with E-state index in [4.69, 9.17) is 5.11 Å². The first kappa shape index (κ1) is 13.8. The third-order valence-electron chi connectivity index (χ3n) is 1.71. The lowest BCUT2D eigenvalue weighted by atomic mass is 10.1. The zero-order valence-electron chi connectivity index (χ0n) is 7.73. The number of carbonyl (C=O) groups is 1. The summed E-state index contributed by atoms with van der Waals surface area (Å²) in [6.45, 7) is 0. The van der Waals surface area contributed by atoms with Crippen molar-refractivity contribution in [1.82, 2.24) is 4.98 Å². The van der Waals surface area contributed by atoms with Crippen LogP contribution in [0.2, 0.25) is 0 Å². The summed E-state index contributed by atoms with van der Waals surface area (Å²) in [5.41, 5.74) is -4.23. The number of aromatic carboxylic acids is 1. The van der Waals surface area contributed by atoms with E-state index in [0.717, 1.165) is 0 Å². The maximum atomic E-state index is 12.4. The van der Waals surface area contributed by atoms with E-state index in [-0.39, 0.29) is 0 Å². The van der Waals surface area contributed by atoms with Crippen LogP contribution in [0.5, 0.6) is 0 Å². The van der Waals surface area contributed by atoms with Crippen molar-refractivity contribution in [2.75, 3.05) is 0 Å². The van der Waals surface area contributed by atoms with E-state index in [9.17, 15) is 26.7 Å². The van der Waals surface area contributed by atoms with Crippen molar-refractivity contribution >= 4 is 21.9 Å². The smallest absolute Gasteiger partial charge is 0.433 e. The Morgan fingerprint density at radius 1 is 1.41 bits per heavy atom. The summed E-state index contributed by atoms with van der Waals surface area (Å²) in [5.74, 6) is -1.75. The van der Waals surface area contributed by atoms with Crippen molar-refractivity contribution in [3.63, 3.8) is 0 Å². The Bertz CT molecular complexity index is 460. The molecule has 1 aromatic rings. The van der Waals surface area contributed by atoms with Gasteiger partial charge in [0.1, 0.15) is 0 Å². The van der Waals surface area contributed by atoms with Crippen LogP contribution in [0.3, 0.4) is 0 Å². The largest absolute Gasteiger partial charge is 0.476 e. The van der Waals surface area contributed by atoms with E-state index in [0.29, 0.717) is 6.07 Å². The average Bonchev–Trinajstić information content (AvgIpc) is 2.14. The molecule has 0 spiro atoms. The first-order valence-corrected chi connectivity index (χ1v) is 4.73. The summed E-state index contributed by atoms with van der Waals surface area (Å²) in [6.07, 6.45) is -8.55. The topological polar surface area (TPSA) is 50.2 Å². The number of pyridine rings is 1. The predicted molar refractivity (Wildman–Crippen MR) is 48.9 cm³/mol. The number of carboxylic acids is 1. The molecule has 1 N–H and O–H groups in total. The molecule has 0 amide bonds. The first-order valence-electron chi connectivity index (χ1n) is 3.93. The minimum Gasteiger partial charge on any atom is -0.476 e. The second kappa shape index (κ2) is 4.55. The summed E-state index contributed by atoms with van der Waals surface area (Å²) >= 11 is 2.57. The van der Waals surface area contributed by atoms with Crippen LogP contribution in [0.4, 0.5) is 22.0 Å². The monoisotopic (exact) mass is 319 g/mol. The van der Waals surface area contributed by atoms with Crippen LogP contribution in [0.25, 0.3) is 0 Å². The SMILES string of the molecule is O=C(O)c1nc(C(F)(F)F)c(C(F)F)cc1Br. The third-order valence-corrected chi connectivity index (χ3v) is 2.32. The van der Waals surface area contributed by atoms with E-state index in [2.05, 4.69) is 20.9 Å². The minimum absolute atomic E-state index is 0.407. The Balaban J connectivity index is 3.54. The van der Waals surface area contributed by atoms with E-state index >= 15 is 0 Å². The Kier molecular flexibility index (Phi) is 3.70. The quantitative estimate of drug-likeness (QED) is 0.849. The molecule has 0 saturated heterocycles. The normalized spacial score (nSPS) is 11.9. The summed E-state index contributed by atoms with van der Waals surface area (Å²) in [5, 5.41) is 8.54. The van der Waals surface area contributed by atoms with Gasteiger partial charge < -0.3 is 5.11 Å². The Morgan fingerprint density at radius 3 is 2.29 bits per heavy atom. The molecule has 0 unspecified atom stereocenters. The van der Waals surface area contributed by atoms with Crippen molar-refractivity contribution in [3.05, 3.63) is 27.5 Å². The molecule has 17 heavy (non-hydrogen) atoms. The predicted octanol–water partition coefficient (Wildman–Crippen LogP) is 3.50. The van der Waals surface area contributed by atoms with Crippen LogP contribution in [0.15, 0.2) is 10.5 Å². The molecule has 3 nitrogen and oxygen atoms in total. The van der Waals surface area contributed by atoms with Crippen molar-refractivity contribution in [2.45, 2.75) is 12.6 Å². The molecule has 1 rings (SSSR count). The molecule has 9 heteroatoms. The van der Waals surface area contributed by atoms with Crippen LogP contribution >= 0.6 is 15.9 Å². The van der Waals surface area contributed by atoms with E-state index < -0.39 is 40.0 Å². The van der Waals surface area contributed by atoms with Gasteiger partial charge in [0.2, 0.25) is 0 Å². The zero-order valence-corrected chi connectivity index (χ0v) is 9.31. The van der Waals surface area contributed by atoms with Crippen LogP contribution in [-0.4, -0.2) is 16.1 Å². The second-order valence-corrected chi connectivity index (χ2v) is 3.71. The number of aromatic nitrogens is 1. The Hall–Kier alpha value is -1.25. The summed E-state index contributed by atoms with van der Waals surface area (Å²) in [4.78, 5) is 13.2. The number of rotatable bonds is 2. The maximum Gasteiger partial charge on any atom is 0.433 e. The molecule has 0 saturated carbocycles. The standard InChI is InChI=1S/C8H3BrF5NO2/c9-3-1-2(6(10)11)5(8(12,13)14)15-4(3)7(16)17/h1,6H,(H,16,17). The Labute approximate surface area is 99.4 Å². The average molecular weight is 320 g/mol. The highest BCUT2D eigenvalue weighted by atomic mass is 79.9. The molecule has 0 aromatic carbocycles. The molecular weight excluding hydrogens is 317 g/mol. The first-order chi connectivity index (χ1) is 7.64. The molecule has 1 aromatic heterocycles. The van der Waals surface area contributed by atoms with Gasteiger partial charge in [-0.05, 0) is 22.0 Å². The van der Waals surface area contributed by atoms with Crippen molar-refractivity contribution in [1.29, 1.82) is 0 Å². The van der Waals surface area contributed by atoms with Gasteiger partial charge in [0, 0.05) is 5.56 Å². The van der Waals surface area contributed by atoms with Gasteiger partial charge in [-0.15, -0.1) is 0 Å². The van der Waals surface area contributed by atoms with Crippen molar-refractivity contribution in [3.8, 4) is 0 Å². The number of hydrogen-bond acceptors (Lipinski definition) is 2. The van der Waals surface area contributed by atoms with Gasteiger partial charge in [0.15, 0.2) is 11.4 Å². The molecule has 0 fully saturated rings. The molecule has 0 aliphatic rings. The van der Waals surface area contributed by atoms with Crippen molar-refractivity contribution in [2.24, 2.45) is 0 Å². The van der Waals surface area contributed by atoms with Crippen LogP contribution in [-0.2, 0) is 6.18 Å². The molecule has 0 atom stereocenters. The van der Waals surface area contributed by atoms with Gasteiger partial charge in [0.25, 0.3) is 6.43 Å². The lowest BCUT2D eigenvalue weighted by molar-refractivity contribution is -0.143. The van der Waals surface area contributed by atoms with Crippen LogP contribution < -0.4 is 0 Å². The number of nitrogens with zero attached hydrogens (tertiary/aromatic N) is 1. The van der Waals surface area contributed by atoms with Gasteiger partial charge in [-0.3, -0.25) is 0 Å². The number of alkyl halides is 5. The summed E-state index contributed by atoms with van der Waals surface area (Å²) in [6, 6.07) is 0.407. The van der Waals surface area contributed by atoms with Crippen LogP contribution in [0.1, 0.15) is 28.2 Å². The van der Waals surface area contributed by atoms with E-state index in [1.807, 2.05) is 0 Å². The molecule has 0 bridgehead atoms. The van der Waals surface area contributed by atoms with Gasteiger partial charge in [0.05, 0.1) is 4.47 Å². The van der Waals surface area contributed by atoms with E-state index in [1.165, 1.54) is 0 Å². The maximum absolute atomic E-state index is 12.4. The number of carboxylic acid groups (broad SMARTS) is 1. The molecule has 94 valence electrons. The molecule has 0 radical (unpaired) electrons. The number of hydrogen-bond donors (Lipinski definition) is 1. The summed E-state index contributed by atoms with van der Waals surface area (Å²) < 4.78 is 61.4. The molecule has 1 heterocycles. The van der Waals surface area contributed by atoms with Gasteiger partial charge in [-0.2, -0.15) is 13.2 Å². The highest BCUT2D eigenvalue weighted by Gasteiger charge is 2.39. The lowest BCUT2D eigenvalue weighted by Gasteiger charge is -2.12. The van der Waals surface area contributed by atoms with Gasteiger partial charge in [-0.25, -0.2) is 18.6 Å². The van der Waals surface area contributed by atoms with Gasteiger partial charge in [-0.1, -0.05) is 0 Å². The number of halogens is 6. The Morgan fingerprint density at radius 2 is 1.94 bits per heavy atom.